The summed E-state index contributed by atoms with van der Waals surface area (Å²) in [5.74, 6) is 0.862. The molecule has 1 atom stereocenters. The van der Waals surface area contributed by atoms with Gasteiger partial charge >= 0.3 is 0 Å². The Morgan fingerprint density at radius 2 is 2.20 bits per heavy atom. The predicted octanol–water partition coefficient (Wildman–Crippen LogP) is 2.55. The Kier molecular flexibility index (Phi) is 5.12. The molecule has 0 spiro atoms. The van der Waals surface area contributed by atoms with Crippen molar-refractivity contribution < 1.29 is 4.74 Å². The zero-order valence-electron chi connectivity index (χ0n) is 12.3. The van der Waals surface area contributed by atoms with E-state index in [0.717, 1.165) is 36.6 Å². The number of ether oxygens (including phenoxy) is 1. The minimum atomic E-state index is 0.213. The molecular weight excluding hydrogens is 252 g/mol. The zero-order chi connectivity index (χ0) is 14.4. The molecule has 108 valence electrons. The minimum Gasteiger partial charge on any atom is -0.491 e. The van der Waals surface area contributed by atoms with Gasteiger partial charge in [0, 0.05) is 12.6 Å². The third-order valence-corrected chi connectivity index (χ3v) is 3.09. The fourth-order valence-electron chi connectivity index (χ4n) is 1.77. The fraction of sp³-hybridized carbons (Fsp3) is 0.467. The summed E-state index contributed by atoms with van der Waals surface area (Å²) in [6.45, 7) is 7.90. The molecule has 0 bridgehead atoms. The monoisotopic (exact) mass is 274 g/mol. The number of benzene rings is 1. The second-order valence-corrected chi connectivity index (χ2v) is 4.77. The van der Waals surface area contributed by atoms with E-state index >= 15 is 0 Å². The van der Waals surface area contributed by atoms with Crippen molar-refractivity contribution >= 4 is 0 Å². The first-order valence-electron chi connectivity index (χ1n) is 7.12. The van der Waals surface area contributed by atoms with Crippen LogP contribution in [0.15, 0.2) is 30.5 Å². The first-order chi connectivity index (χ1) is 9.72. The van der Waals surface area contributed by atoms with E-state index in [1.54, 1.807) is 4.68 Å². The lowest BCUT2D eigenvalue weighted by atomic mass is 10.3. The van der Waals surface area contributed by atoms with Crippen LogP contribution in [0.1, 0.15) is 32.9 Å². The molecule has 2 aromatic rings. The van der Waals surface area contributed by atoms with Gasteiger partial charge in [-0.05, 0) is 32.0 Å². The van der Waals surface area contributed by atoms with E-state index in [1.807, 2.05) is 30.5 Å². The van der Waals surface area contributed by atoms with E-state index in [-0.39, 0.29) is 6.10 Å². The van der Waals surface area contributed by atoms with Gasteiger partial charge in [-0.2, -0.15) is 0 Å². The smallest absolute Gasteiger partial charge is 0.121 e. The van der Waals surface area contributed by atoms with Crippen LogP contribution in [0, 0.1) is 0 Å². The van der Waals surface area contributed by atoms with Crippen LogP contribution >= 0.6 is 0 Å². The molecule has 0 saturated heterocycles. The molecule has 1 heterocycles. The van der Waals surface area contributed by atoms with E-state index in [9.17, 15) is 0 Å². The maximum atomic E-state index is 5.82. The van der Waals surface area contributed by atoms with Gasteiger partial charge in [0.15, 0.2) is 0 Å². The summed E-state index contributed by atoms with van der Waals surface area (Å²) in [4.78, 5) is 0. The van der Waals surface area contributed by atoms with Crippen LogP contribution in [0.4, 0.5) is 0 Å². The summed E-state index contributed by atoms with van der Waals surface area (Å²) in [6.07, 6.45) is 3.14. The highest BCUT2D eigenvalue weighted by Crippen LogP contribution is 2.18. The standard InChI is InChI=1S/C15H22N4O/c1-4-12(3)20-15-8-6-7-14(9-15)19-11-13(17-18-19)10-16-5-2/h6-9,11-12,16H,4-5,10H2,1-3H3. The number of hydrogen-bond acceptors (Lipinski definition) is 4. The average molecular weight is 274 g/mol. The van der Waals surface area contributed by atoms with Gasteiger partial charge in [0.25, 0.3) is 0 Å². The number of rotatable bonds is 7. The van der Waals surface area contributed by atoms with Crippen molar-refractivity contribution in [1.29, 1.82) is 0 Å². The third-order valence-electron chi connectivity index (χ3n) is 3.09. The van der Waals surface area contributed by atoms with Gasteiger partial charge in [-0.15, -0.1) is 5.10 Å². The van der Waals surface area contributed by atoms with Crippen molar-refractivity contribution in [2.24, 2.45) is 0 Å². The Balaban J connectivity index is 2.11. The molecule has 0 aliphatic heterocycles. The van der Waals surface area contributed by atoms with Crippen LogP contribution in [-0.2, 0) is 6.54 Å². The van der Waals surface area contributed by atoms with Gasteiger partial charge in [0.1, 0.15) is 5.75 Å². The molecular formula is C15H22N4O. The Hall–Kier alpha value is -1.88. The van der Waals surface area contributed by atoms with Crippen LogP contribution in [0.5, 0.6) is 5.75 Å². The Labute approximate surface area is 120 Å². The Bertz CT molecular complexity index is 538. The van der Waals surface area contributed by atoms with E-state index in [1.165, 1.54) is 0 Å². The molecule has 0 aliphatic carbocycles. The van der Waals surface area contributed by atoms with Gasteiger partial charge in [0.05, 0.1) is 23.7 Å². The number of aromatic nitrogens is 3. The van der Waals surface area contributed by atoms with E-state index in [2.05, 4.69) is 36.4 Å². The van der Waals surface area contributed by atoms with Crippen LogP contribution in [0.25, 0.3) is 5.69 Å². The number of nitrogens with zero attached hydrogens (tertiary/aromatic N) is 3. The summed E-state index contributed by atoms with van der Waals surface area (Å²) in [7, 11) is 0. The lowest BCUT2D eigenvalue weighted by Gasteiger charge is -2.13. The van der Waals surface area contributed by atoms with E-state index in [0.29, 0.717) is 0 Å². The Morgan fingerprint density at radius 3 is 2.95 bits per heavy atom. The van der Waals surface area contributed by atoms with Gasteiger partial charge in [-0.25, -0.2) is 4.68 Å². The van der Waals surface area contributed by atoms with Crippen molar-refractivity contribution in [2.75, 3.05) is 6.54 Å². The molecule has 1 aromatic carbocycles. The highest BCUT2D eigenvalue weighted by molar-refractivity contribution is 5.38. The molecule has 1 unspecified atom stereocenters. The van der Waals surface area contributed by atoms with Crippen LogP contribution < -0.4 is 10.1 Å². The number of nitrogens with one attached hydrogen (secondary N) is 1. The average Bonchev–Trinajstić information content (AvgIpc) is 2.94. The topological polar surface area (TPSA) is 52.0 Å². The summed E-state index contributed by atoms with van der Waals surface area (Å²) in [6, 6.07) is 7.91. The predicted molar refractivity (Wildman–Crippen MR) is 79.1 cm³/mol. The molecule has 5 nitrogen and oxygen atoms in total. The van der Waals surface area contributed by atoms with E-state index < -0.39 is 0 Å². The van der Waals surface area contributed by atoms with Crippen molar-refractivity contribution in [3.8, 4) is 11.4 Å². The molecule has 0 amide bonds. The molecule has 5 heteroatoms. The van der Waals surface area contributed by atoms with Crippen LogP contribution in [0.2, 0.25) is 0 Å². The largest absolute Gasteiger partial charge is 0.491 e. The molecule has 0 saturated carbocycles. The van der Waals surface area contributed by atoms with Gasteiger partial charge in [-0.1, -0.05) is 25.1 Å². The molecule has 0 aliphatic rings. The van der Waals surface area contributed by atoms with Crippen LogP contribution in [-0.4, -0.2) is 27.6 Å². The highest BCUT2D eigenvalue weighted by Gasteiger charge is 2.05. The molecule has 0 fully saturated rings. The second-order valence-electron chi connectivity index (χ2n) is 4.77. The van der Waals surface area contributed by atoms with E-state index in [4.69, 9.17) is 4.74 Å². The summed E-state index contributed by atoms with van der Waals surface area (Å²) in [5, 5.41) is 11.5. The molecule has 1 aromatic heterocycles. The van der Waals surface area contributed by atoms with Crippen molar-refractivity contribution in [3.63, 3.8) is 0 Å². The SMILES string of the molecule is CCNCc1cn(-c2cccc(OC(C)CC)c2)nn1. The summed E-state index contributed by atoms with van der Waals surface area (Å²) >= 11 is 0. The van der Waals surface area contributed by atoms with Crippen LogP contribution in [0.3, 0.4) is 0 Å². The van der Waals surface area contributed by atoms with Crippen molar-refractivity contribution in [3.05, 3.63) is 36.2 Å². The van der Waals surface area contributed by atoms with Gasteiger partial charge < -0.3 is 10.1 Å². The van der Waals surface area contributed by atoms with Gasteiger partial charge in [-0.3, -0.25) is 0 Å². The van der Waals surface area contributed by atoms with Crippen molar-refractivity contribution in [1.82, 2.24) is 20.3 Å². The molecule has 2 rings (SSSR count). The molecule has 1 N–H and O–H groups in total. The molecule has 20 heavy (non-hydrogen) atoms. The first kappa shape index (κ1) is 14.5. The Morgan fingerprint density at radius 1 is 1.35 bits per heavy atom. The first-order valence-corrected chi connectivity index (χ1v) is 7.12. The summed E-state index contributed by atoms with van der Waals surface area (Å²) < 4.78 is 7.60. The highest BCUT2D eigenvalue weighted by atomic mass is 16.5. The lowest BCUT2D eigenvalue weighted by Crippen LogP contribution is -2.11. The fourth-order valence-corrected chi connectivity index (χ4v) is 1.77. The number of hydrogen-bond donors (Lipinski definition) is 1. The maximum Gasteiger partial charge on any atom is 0.121 e. The second kappa shape index (κ2) is 7.05. The summed E-state index contributed by atoms with van der Waals surface area (Å²) in [5.41, 5.74) is 1.89. The maximum absolute atomic E-state index is 5.82. The normalized spacial score (nSPS) is 12.3. The minimum absolute atomic E-state index is 0.213. The lowest BCUT2D eigenvalue weighted by molar-refractivity contribution is 0.217. The zero-order valence-corrected chi connectivity index (χ0v) is 12.3. The molecule has 0 radical (unpaired) electrons. The third kappa shape index (κ3) is 3.81. The quantitative estimate of drug-likeness (QED) is 0.843. The van der Waals surface area contributed by atoms with Gasteiger partial charge in [0.2, 0.25) is 0 Å². The van der Waals surface area contributed by atoms with Crippen molar-refractivity contribution in [2.45, 2.75) is 39.8 Å².